The first-order chi connectivity index (χ1) is 13.5. The first kappa shape index (κ1) is 20.8. The fourth-order valence-corrected chi connectivity index (χ4v) is 4.29. The maximum atomic E-state index is 13.3. The van der Waals surface area contributed by atoms with Crippen molar-refractivity contribution in [1.82, 2.24) is 5.06 Å². The highest BCUT2D eigenvalue weighted by Gasteiger charge is 2.55. The lowest BCUT2D eigenvalue weighted by Crippen LogP contribution is -2.51. The molecule has 1 fully saturated rings. The minimum Gasteiger partial charge on any atom is -0.509 e. The topological polar surface area (TPSA) is 77.5 Å². The molecule has 1 amide bonds. The van der Waals surface area contributed by atoms with Crippen molar-refractivity contribution in [2.24, 2.45) is 0 Å². The van der Waals surface area contributed by atoms with Gasteiger partial charge >= 0.3 is 0 Å². The molecule has 1 spiro atoms. The number of nitrogens with zero attached hydrogens (tertiary/aromatic N) is 1. The zero-order valence-electron chi connectivity index (χ0n) is 17.0. The van der Waals surface area contributed by atoms with E-state index in [2.05, 4.69) is 0 Å². The number of aliphatic hydroxyl groups excluding tert-OH is 1. The van der Waals surface area contributed by atoms with Gasteiger partial charge in [-0.15, -0.1) is 0 Å². The van der Waals surface area contributed by atoms with Gasteiger partial charge in [-0.2, -0.15) is 0 Å². The smallest absolute Gasteiger partial charge is 0.282 e. The van der Waals surface area contributed by atoms with Crippen molar-refractivity contribution in [1.29, 1.82) is 0 Å². The minimum atomic E-state index is -0.896. The van der Waals surface area contributed by atoms with E-state index in [0.29, 0.717) is 31.3 Å². The zero-order chi connectivity index (χ0) is 20.3. The molecule has 0 bridgehead atoms. The van der Waals surface area contributed by atoms with E-state index in [9.17, 15) is 9.90 Å². The van der Waals surface area contributed by atoms with E-state index in [0.717, 1.165) is 16.7 Å². The second kappa shape index (κ2) is 8.61. The lowest BCUT2D eigenvalue weighted by atomic mass is 9.78. The van der Waals surface area contributed by atoms with E-state index in [1.165, 1.54) is 12.2 Å². The molecule has 0 aromatic heterocycles. The molecule has 3 rings (SSSR count). The van der Waals surface area contributed by atoms with E-state index in [1.54, 1.807) is 7.11 Å². The number of hydrogen-bond acceptors (Lipinski definition) is 6. The number of methoxy groups -OCH3 is 2. The van der Waals surface area contributed by atoms with Gasteiger partial charge in [-0.1, -0.05) is 18.2 Å². The Kier molecular flexibility index (Phi) is 6.40. The third kappa shape index (κ3) is 3.55. The molecule has 1 N–H and O–H groups in total. The normalized spacial score (nSPS) is 25.2. The predicted octanol–water partition coefficient (Wildman–Crippen LogP) is 3.25. The van der Waals surface area contributed by atoms with Crippen molar-refractivity contribution in [3.8, 4) is 0 Å². The van der Waals surface area contributed by atoms with Crippen LogP contribution in [0.4, 0.5) is 0 Å². The van der Waals surface area contributed by atoms with Crippen LogP contribution in [-0.4, -0.2) is 55.5 Å². The molecule has 28 heavy (non-hydrogen) atoms. The van der Waals surface area contributed by atoms with Crippen molar-refractivity contribution >= 4 is 11.5 Å². The lowest BCUT2D eigenvalue weighted by Gasteiger charge is -2.42. The van der Waals surface area contributed by atoms with Crippen LogP contribution < -0.4 is 0 Å². The molecular weight excluding hydrogens is 362 g/mol. The molecule has 1 aliphatic heterocycles. The number of aryl methyl sites for hydroxylation is 2. The third-order valence-corrected chi connectivity index (χ3v) is 5.68. The Morgan fingerprint density at radius 2 is 1.71 bits per heavy atom. The lowest BCUT2D eigenvalue weighted by molar-refractivity contribution is -0.252. The van der Waals surface area contributed by atoms with Gasteiger partial charge in [-0.3, -0.25) is 4.79 Å². The molecule has 0 saturated heterocycles. The quantitative estimate of drug-likeness (QED) is 0.719. The third-order valence-electron chi connectivity index (χ3n) is 5.68. The Morgan fingerprint density at radius 3 is 2.29 bits per heavy atom. The molecule has 1 aromatic rings. The number of amides is 1. The molecule has 1 saturated carbocycles. The van der Waals surface area contributed by atoms with E-state index >= 15 is 0 Å². The van der Waals surface area contributed by atoms with Crippen LogP contribution in [0.1, 0.15) is 42.4 Å². The van der Waals surface area contributed by atoms with E-state index < -0.39 is 5.54 Å². The zero-order valence-corrected chi connectivity index (χ0v) is 17.0. The Balaban J connectivity index is 1.98. The number of rotatable bonds is 7. The average Bonchev–Trinajstić information content (AvgIpc) is 2.87. The molecule has 154 valence electrons. The van der Waals surface area contributed by atoms with Gasteiger partial charge in [0.1, 0.15) is 18.1 Å². The second-order valence-electron chi connectivity index (χ2n) is 7.43. The van der Waals surface area contributed by atoms with Crippen LogP contribution in [0, 0.1) is 13.8 Å². The fourth-order valence-electron chi connectivity index (χ4n) is 4.29. The summed E-state index contributed by atoms with van der Waals surface area (Å²) in [4.78, 5) is 19.0. The van der Waals surface area contributed by atoms with Gasteiger partial charge in [0.15, 0.2) is 6.79 Å². The van der Waals surface area contributed by atoms with Gasteiger partial charge < -0.3 is 19.3 Å². The molecule has 1 aromatic carbocycles. The SMILES string of the molecule is COCOC1CCC2(CC1)C(O)=C(c1c(C)cccc1C)C(=O)N2OCOC. The fraction of sp³-hybridized carbons (Fsp3) is 0.571. The molecule has 0 radical (unpaired) electrons. The van der Waals surface area contributed by atoms with Crippen LogP contribution in [0.25, 0.3) is 5.57 Å². The van der Waals surface area contributed by atoms with Gasteiger partial charge in [0.25, 0.3) is 5.91 Å². The van der Waals surface area contributed by atoms with Crippen LogP contribution in [0.15, 0.2) is 24.0 Å². The first-order valence-corrected chi connectivity index (χ1v) is 9.53. The predicted molar refractivity (Wildman–Crippen MR) is 103 cm³/mol. The Labute approximate surface area is 165 Å². The number of carbonyl (C=O) groups excluding carboxylic acids is 1. The Bertz CT molecular complexity index is 731. The summed E-state index contributed by atoms with van der Waals surface area (Å²) in [6, 6.07) is 5.83. The van der Waals surface area contributed by atoms with Crippen molar-refractivity contribution < 1.29 is 28.9 Å². The summed E-state index contributed by atoms with van der Waals surface area (Å²) in [6.45, 7) is 4.05. The summed E-state index contributed by atoms with van der Waals surface area (Å²) in [6.07, 6.45) is 2.48. The van der Waals surface area contributed by atoms with Crippen LogP contribution in [-0.2, 0) is 23.8 Å². The highest BCUT2D eigenvalue weighted by molar-refractivity contribution is 6.23. The van der Waals surface area contributed by atoms with E-state index in [4.69, 9.17) is 19.0 Å². The molecule has 0 unspecified atom stereocenters. The molecule has 0 atom stereocenters. The van der Waals surface area contributed by atoms with E-state index in [1.807, 2.05) is 32.0 Å². The molecular formula is C21H29NO6. The van der Waals surface area contributed by atoms with Crippen LogP contribution in [0.2, 0.25) is 0 Å². The highest BCUT2D eigenvalue weighted by atomic mass is 16.8. The summed E-state index contributed by atoms with van der Waals surface area (Å²) in [5.74, 6) is -0.251. The summed E-state index contributed by atoms with van der Waals surface area (Å²) >= 11 is 0. The van der Waals surface area contributed by atoms with Crippen molar-refractivity contribution in [2.45, 2.75) is 51.2 Å². The Hall–Kier alpha value is -1.93. The van der Waals surface area contributed by atoms with Crippen LogP contribution in [0.5, 0.6) is 0 Å². The Morgan fingerprint density at radius 1 is 1.11 bits per heavy atom. The number of benzene rings is 1. The number of aliphatic hydroxyl groups is 1. The molecule has 1 aliphatic carbocycles. The monoisotopic (exact) mass is 391 g/mol. The van der Waals surface area contributed by atoms with Gasteiger partial charge in [-0.05, 0) is 56.2 Å². The second-order valence-corrected chi connectivity index (χ2v) is 7.43. The number of ether oxygens (including phenoxy) is 3. The van der Waals surface area contributed by atoms with Gasteiger partial charge in [0, 0.05) is 14.2 Å². The standard InChI is InChI=1S/C21H29NO6/c1-14-6-5-7-15(2)17(14)18-19(23)21(22(20(18)24)28-13-26-4)10-8-16(9-11-21)27-12-25-3/h5-7,16,23H,8-13H2,1-4H3. The number of hydrogen-bond donors (Lipinski definition) is 1. The van der Waals surface area contributed by atoms with Crippen LogP contribution >= 0.6 is 0 Å². The molecule has 7 nitrogen and oxygen atoms in total. The van der Waals surface area contributed by atoms with Gasteiger partial charge in [0.2, 0.25) is 0 Å². The van der Waals surface area contributed by atoms with Crippen LogP contribution in [0.3, 0.4) is 0 Å². The van der Waals surface area contributed by atoms with Crippen molar-refractivity contribution in [2.75, 3.05) is 27.8 Å². The molecule has 7 heteroatoms. The minimum absolute atomic E-state index is 0.0296. The van der Waals surface area contributed by atoms with Crippen molar-refractivity contribution in [3.05, 3.63) is 40.6 Å². The number of hydroxylamine groups is 2. The first-order valence-electron chi connectivity index (χ1n) is 9.53. The number of carbonyl (C=O) groups is 1. The van der Waals surface area contributed by atoms with Crippen molar-refractivity contribution in [3.63, 3.8) is 0 Å². The van der Waals surface area contributed by atoms with Gasteiger partial charge in [-0.25, -0.2) is 9.90 Å². The summed E-state index contributed by atoms with van der Waals surface area (Å²) < 4.78 is 15.7. The average molecular weight is 391 g/mol. The summed E-state index contributed by atoms with van der Waals surface area (Å²) in [5, 5.41) is 12.6. The summed E-state index contributed by atoms with van der Waals surface area (Å²) in [5.41, 5.74) is 2.08. The molecule has 2 aliphatic rings. The summed E-state index contributed by atoms with van der Waals surface area (Å²) in [7, 11) is 3.09. The van der Waals surface area contributed by atoms with E-state index in [-0.39, 0.29) is 31.4 Å². The maximum absolute atomic E-state index is 13.3. The largest absolute Gasteiger partial charge is 0.509 e. The highest BCUT2D eigenvalue weighted by Crippen LogP contribution is 2.48. The van der Waals surface area contributed by atoms with Gasteiger partial charge in [0.05, 0.1) is 11.7 Å². The maximum Gasteiger partial charge on any atom is 0.282 e. The molecule has 1 heterocycles.